The van der Waals surface area contributed by atoms with Crippen molar-refractivity contribution >= 4 is 6.09 Å². The topological polar surface area (TPSA) is 69.5 Å². The van der Waals surface area contributed by atoms with E-state index in [4.69, 9.17) is 9.47 Å². The Morgan fingerprint density at radius 2 is 1.97 bits per heavy atom. The summed E-state index contributed by atoms with van der Waals surface area (Å²) in [5.41, 5.74) is 2.50. The smallest absolute Gasteiger partial charge is 0.409 e. The fourth-order valence-corrected chi connectivity index (χ4v) is 3.95. The first-order chi connectivity index (χ1) is 14.6. The summed E-state index contributed by atoms with van der Waals surface area (Å²) in [6.07, 6.45) is 13.2. The Morgan fingerprint density at radius 3 is 2.67 bits per heavy atom. The van der Waals surface area contributed by atoms with E-state index >= 15 is 0 Å². The van der Waals surface area contributed by atoms with Gasteiger partial charge >= 0.3 is 6.09 Å². The van der Waals surface area contributed by atoms with Crippen molar-refractivity contribution in [1.82, 2.24) is 19.7 Å². The maximum Gasteiger partial charge on any atom is 0.409 e. The van der Waals surface area contributed by atoms with Gasteiger partial charge in [-0.15, -0.1) is 0 Å². The average molecular weight is 413 g/mol. The number of amides is 1. The van der Waals surface area contributed by atoms with E-state index in [9.17, 15) is 4.79 Å². The Balaban J connectivity index is 1.35. The Morgan fingerprint density at radius 1 is 1.17 bits per heavy atom. The second-order valence-electron chi connectivity index (χ2n) is 8.59. The molecule has 0 N–H and O–H groups in total. The van der Waals surface area contributed by atoms with E-state index in [-0.39, 0.29) is 12.7 Å². The van der Waals surface area contributed by atoms with Crippen molar-refractivity contribution in [3.05, 3.63) is 30.2 Å². The normalized spacial score (nSPS) is 17.0. The highest BCUT2D eigenvalue weighted by Crippen LogP contribution is 2.32. The fourth-order valence-electron chi connectivity index (χ4n) is 3.95. The summed E-state index contributed by atoms with van der Waals surface area (Å²) < 4.78 is 13.4. The van der Waals surface area contributed by atoms with Crippen LogP contribution in [-0.4, -0.2) is 45.5 Å². The molecule has 2 aliphatic carbocycles. The second-order valence-corrected chi connectivity index (χ2v) is 8.59. The lowest BCUT2D eigenvalue weighted by atomic mass is 9.98. The first-order valence-electron chi connectivity index (χ1n) is 11.1. The molecule has 2 saturated carbocycles. The molecule has 0 aliphatic heterocycles. The first kappa shape index (κ1) is 20.7. The molecule has 0 saturated heterocycles. The second kappa shape index (κ2) is 9.49. The highest BCUT2D eigenvalue weighted by atomic mass is 16.6. The SMILES string of the molecule is CN(CCC1CC1)C(=O)OCc1c(-c2ccc(OC3CCCCC3)cn2)cnn1C. The highest BCUT2D eigenvalue weighted by Gasteiger charge is 2.23. The standard InChI is InChI=1S/C23H32N4O3/c1-26(13-12-17-8-9-17)23(28)29-16-22-20(15-25-27(22)2)21-11-10-19(14-24-21)30-18-6-4-3-5-7-18/h10-11,14-15,17-18H,3-9,12-13,16H2,1-2H3. The van der Waals surface area contributed by atoms with E-state index in [0.717, 1.165) is 54.4 Å². The van der Waals surface area contributed by atoms with Gasteiger partial charge in [-0.05, 0) is 50.2 Å². The molecule has 0 unspecified atom stereocenters. The summed E-state index contributed by atoms with van der Waals surface area (Å²) in [5.74, 6) is 1.60. The minimum Gasteiger partial charge on any atom is -0.489 e. The van der Waals surface area contributed by atoms with Gasteiger partial charge in [0.05, 0.1) is 29.9 Å². The van der Waals surface area contributed by atoms with Gasteiger partial charge in [0.15, 0.2) is 0 Å². The number of aromatic nitrogens is 3. The van der Waals surface area contributed by atoms with Crippen LogP contribution in [0.1, 0.15) is 57.1 Å². The lowest BCUT2D eigenvalue weighted by molar-refractivity contribution is 0.102. The number of aryl methyl sites for hydroxylation is 1. The monoisotopic (exact) mass is 412 g/mol. The number of hydrogen-bond acceptors (Lipinski definition) is 5. The van der Waals surface area contributed by atoms with Gasteiger partial charge in [-0.1, -0.05) is 19.3 Å². The van der Waals surface area contributed by atoms with Crippen molar-refractivity contribution in [2.75, 3.05) is 13.6 Å². The number of pyridine rings is 1. The van der Waals surface area contributed by atoms with E-state index in [1.54, 1.807) is 29.0 Å². The van der Waals surface area contributed by atoms with Crippen LogP contribution in [-0.2, 0) is 18.4 Å². The van der Waals surface area contributed by atoms with Crippen LogP contribution in [0.4, 0.5) is 4.79 Å². The summed E-state index contributed by atoms with van der Waals surface area (Å²) in [6.45, 7) is 0.909. The van der Waals surface area contributed by atoms with Gasteiger partial charge < -0.3 is 14.4 Å². The van der Waals surface area contributed by atoms with Crippen molar-refractivity contribution in [2.24, 2.45) is 13.0 Å². The van der Waals surface area contributed by atoms with Crippen LogP contribution < -0.4 is 4.74 Å². The summed E-state index contributed by atoms with van der Waals surface area (Å²) in [4.78, 5) is 18.5. The molecule has 0 spiro atoms. The predicted molar refractivity (Wildman–Crippen MR) is 114 cm³/mol. The van der Waals surface area contributed by atoms with E-state index < -0.39 is 0 Å². The number of ether oxygens (including phenoxy) is 2. The largest absolute Gasteiger partial charge is 0.489 e. The van der Waals surface area contributed by atoms with E-state index in [1.165, 1.54) is 32.1 Å². The molecule has 2 aromatic heterocycles. The van der Waals surface area contributed by atoms with Crippen LogP contribution in [0.5, 0.6) is 5.75 Å². The minimum atomic E-state index is -0.299. The number of carbonyl (C=O) groups excluding carboxylic acids is 1. The zero-order valence-electron chi connectivity index (χ0n) is 18.0. The van der Waals surface area contributed by atoms with Crippen LogP contribution in [0, 0.1) is 5.92 Å². The molecule has 7 nitrogen and oxygen atoms in total. The quantitative estimate of drug-likeness (QED) is 0.636. The maximum absolute atomic E-state index is 12.3. The summed E-state index contributed by atoms with van der Waals surface area (Å²) in [7, 11) is 3.64. The van der Waals surface area contributed by atoms with Gasteiger partial charge in [0.1, 0.15) is 12.4 Å². The van der Waals surface area contributed by atoms with Crippen LogP contribution in [0.15, 0.2) is 24.5 Å². The van der Waals surface area contributed by atoms with Gasteiger partial charge in [-0.3, -0.25) is 9.67 Å². The van der Waals surface area contributed by atoms with Crippen molar-refractivity contribution in [1.29, 1.82) is 0 Å². The van der Waals surface area contributed by atoms with E-state index in [2.05, 4.69) is 10.1 Å². The number of nitrogens with zero attached hydrogens (tertiary/aromatic N) is 4. The molecule has 0 bridgehead atoms. The zero-order chi connectivity index (χ0) is 20.9. The summed E-state index contributed by atoms with van der Waals surface area (Å²) in [5, 5.41) is 4.34. The van der Waals surface area contributed by atoms with Gasteiger partial charge in [0.25, 0.3) is 0 Å². The zero-order valence-corrected chi connectivity index (χ0v) is 18.0. The average Bonchev–Trinajstić information content (AvgIpc) is 3.53. The minimum absolute atomic E-state index is 0.167. The van der Waals surface area contributed by atoms with Crippen LogP contribution in [0.25, 0.3) is 11.3 Å². The van der Waals surface area contributed by atoms with Crippen LogP contribution in [0.3, 0.4) is 0 Å². The van der Waals surface area contributed by atoms with Gasteiger partial charge in [-0.25, -0.2) is 4.79 Å². The predicted octanol–water partition coefficient (Wildman–Crippen LogP) is 4.56. The maximum atomic E-state index is 12.3. The molecule has 2 aliphatic rings. The van der Waals surface area contributed by atoms with Gasteiger partial charge in [0.2, 0.25) is 0 Å². The number of carbonyl (C=O) groups is 1. The van der Waals surface area contributed by atoms with Crippen LogP contribution in [0.2, 0.25) is 0 Å². The molecule has 2 fully saturated rings. The molecule has 0 atom stereocenters. The summed E-state index contributed by atoms with van der Waals surface area (Å²) in [6, 6.07) is 3.91. The highest BCUT2D eigenvalue weighted by molar-refractivity contribution is 5.68. The Labute approximate surface area is 178 Å². The molecule has 0 radical (unpaired) electrons. The molecule has 30 heavy (non-hydrogen) atoms. The number of rotatable bonds is 8. The van der Waals surface area contributed by atoms with E-state index in [0.29, 0.717) is 6.10 Å². The molecular formula is C23H32N4O3. The molecular weight excluding hydrogens is 380 g/mol. The van der Waals surface area contributed by atoms with Crippen LogP contribution >= 0.6 is 0 Å². The third-order valence-corrected chi connectivity index (χ3v) is 6.14. The van der Waals surface area contributed by atoms with Crippen molar-refractivity contribution in [3.8, 4) is 17.0 Å². The molecule has 7 heteroatoms. The van der Waals surface area contributed by atoms with E-state index in [1.807, 2.05) is 19.2 Å². The fraction of sp³-hybridized carbons (Fsp3) is 0.609. The molecule has 2 heterocycles. The summed E-state index contributed by atoms with van der Waals surface area (Å²) >= 11 is 0. The first-order valence-corrected chi connectivity index (χ1v) is 11.1. The lowest BCUT2D eigenvalue weighted by Crippen LogP contribution is -2.28. The third-order valence-electron chi connectivity index (χ3n) is 6.14. The third kappa shape index (κ3) is 5.32. The molecule has 4 rings (SSSR count). The lowest BCUT2D eigenvalue weighted by Gasteiger charge is -2.22. The Bertz CT molecular complexity index is 839. The van der Waals surface area contributed by atoms with Crippen molar-refractivity contribution in [3.63, 3.8) is 0 Å². The molecule has 162 valence electrons. The van der Waals surface area contributed by atoms with Crippen molar-refractivity contribution in [2.45, 2.75) is 64.1 Å². The molecule has 1 amide bonds. The molecule has 2 aromatic rings. The van der Waals surface area contributed by atoms with Gasteiger partial charge in [-0.2, -0.15) is 5.10 Å². The molecule has 0 aromatic carbocycles. The van der Waals surface area contributed by atoms with Crippen molar-refractivity contribution < 1.29 is 14.3 Å². The Kier molecular flexibility index (Phi) is 6.55. The van der Waals surface area contributed by atoms with Gasteiger partial charge in [0, 0.05) is 26.2 Å². The Hall–Kier alpha value is -2.57. The number of hydrogen-bond donors (Lipinski definition) is 0.